The van der Waals surface area contributed by atoms with Crippen molar-refractivity contribution in [3.63, 3.8) is 0 Å². The number of hydrogen-bond acceptors (Lipinski definition) is 2. The van der Waals surface area contributed by atoms with Crippen molar-refractivity contribution in [3.8, 4) is 0 Å². The molecule has 0 spiro atoms. The van der Waals surface area contributed by atoms with Gasteiger partial charge in [0.2, 0.25) is 0 Å². The van der Waals surface area contributed by atoms with E-state index in [4.69, 9.17) is 10.2 Å². The highest BCUT2D eigenvalue weighted by atomic mass is 28.4. The predicted molar refractivity (Wildman–Crippen MR) is 42.8 cm³/mol. The molecule has 0 rings (SSSR count). The molecule has 0 fully saturated rings. The van der Waals surface area contributed by atoms with Gasteiger partial charge in [0.05, 0.1) is 0 Å². The predicted octanol–water partition coefficient (Wildman–Crippen LogP) is 1.12. The second kappa shape index (κ2) is 4.03. The van der Waals surface area contributed by atoms with E-state index in [0.29, 0.717) is 0 Å². The zero-order valence-corrected chi connectivity index (χ0v) is 7.61. The first-order valence-corrected chi connectivity index (χ1v) is 6.58. The molecule has 0 unspecified atom stereocenters. The van der Waals surface area contributed by atoms with E-state index >= 15 is 0 Å². The average molecular weight is 147 g/mol. The molecule has 56 valence electrons. The van der Waals surface area contributed by atoms with E-state index in [1.807, 2.05) is 0 Å². The Balaban J connectivity index is 3.33. The molecule has 0 aromatic rings. The molecule has 2 N–H and O–H groups in total. The fraction of sp³-hybridized carbons (Fsp3) is 1.00. The number of rotatable bonds is 4. The van der Waals surface area contributed by atoms with Gasteiger partial charge in [-0.15, -0.1) is 0 Å². The van der Waals surface area contributed by atoms with Crippen molar-refractivity contribution < 1.29 is 4.43 Å². The molecule has 9 heavy (non-hydrogen) atoms. The fourth-order valence-electron chi connectivity index (χ4n) is 0.437. The summed E-state index contributed by atoms with van der Waals surface area (Å²) >= 11 is 0. The molecule has 0 bridgehead atoms. The van der Waals surface area contributed by atoms with Gasteiger partial charge in [-0.1, -0.05) is 6.92 Å². The Morgan fingerprint density at radius 2 is 2.00 bits per heavy atom. The van der Waals surface area contributed by atoms with Crippen molar-refractivity contribution in [3.05, 3.63) is 0 Å². The van der Waals surface area contributed by atoms with Crippen LogP contribution < -0.4 is 5.73 Å². The van der Waals surface area contributed by atoms with Crippen LogP contribution in [0.15, 0.2) is 0 Å². The lowest BCUT2D eigenvalue weighted by atomic mass is 10.5. The van der Waals surface area contributed by atoms with Crippen molar-refractivity contribution in [1.29, 1.82) is 0 Å². The molecule has 0 saturated heterocycles. The molecule has 0 aliphatic heterocycles. The molecule has 0 saturated carbocycles. The molecule has 0 heterocycles. The molecular formula is C6H17NOSi. The van der Waals surface area contributed by atoms with Gasteiger partial charge in [0, 0.05) is 12.8 Å². The third-order valence-electron chi connectivity index (χ3n) is 1.19. The topological polar surface area (TPSA) is 35.2 Å². The van der Waals surface area contributed by atoms with Crippen LogP contribution in [0, 0.1) is 0 Å². The van der Waals surface area contributed by atoms with Crippen LogP contribution in [0.25, 0.3) is 0 Å². The summed E-state index contributed by atoms with van der Waals surface area (Å²) in [4.78, 5) is 0. The highest BCUT2D eigenvalue weighted by Crippen LogP contribution is 2.00. The average Bonchev–Trinajstić information content (AvgIpc) is 1.84. The van der Waals surface area contributed by atoms with E-state index in [2.05, 4.69) is 20.0 Å². The quantitative estimate of drug-likeness (QED) is 0.605. The monoisotopic (exact) mass is 147 g/mol. The van der Waals surface area contributed by atoms with Crippen molar-refractivity contribution in [2.24, 2.45) is 5.73 Å². The maximum Gasteiger partial charge on any atom is 0.199 e. The number of hydrogen-bond donors (Lipinski definition) is 1. The van der Waals surface area contributed by atoms with Gasteiger partial charge in [-0.05, 0) is 19.5 Å². The summed E-state index contributed by atoms with van der Waals surface area (Å²) in [6, 6.07) is 0. The van der Waals surface area contributed by atoms with E-state index in [1.165, 1.54) is 0 Å². The maximum absolute atomic E-state index is 5.54. The summed E-state index contributed by atoms with van der Waals surface area (Å²) in [7, 11) is -1.42. The zero-order valence-electron chi connectivity index (χ0n) is 6.61. The summed E-state index contributed by atoms with van der Waals surface area (Å²) in [6.45, 7) is 7.27. The van der Waals surface area contributed by atoms with Crippen molar-refractivity contribution in [2.75, 3.05) is 12.8 Å². The first-order chi connectivity index (χ1) is 4.12. The maximum atomic E-state index is 5.54. The van der Waals surface area contributed by atoms with E-state index in [9.17, 15) is 0 Å². The van der Waals surface area contributed by atoms with Crippen molar-refractivity contribution in [2.45, 2.75) is 26.4 Å². The molecule has 0 aliphatic rings. The molecular weight excluding hydrogens is 130 g/mol. The highest BCUT2D eigenvalue weighted by molar-refractivity contribution is 6.71. The van der Waals surface area contributed by atoms with Crippen LogP contribution in [0.1, 0.15) is 13.3 Å². The Labute approximate surface area is 58.5 Å². The van der Waals surface area contributed by atoms with E-state index in [0.717, 1.165) is 19.2 Å². The molecule has 0 aromatic heterocycles. The Bertz CT molecular complexity index is 75.5. The summed E-state index contributed by atoms with van der Waals surface area (Å²) in [6.07, 6.45) is 1.82. The standard InChI is InChI=1S/C6H17NOSi/c1-4-5-8-9(2,3)6-7/h4-7H2,1-3H3. The minimum absolute atomic E-state index is 0.729. The van der Waals surface area contributed by atoms with Gasteiger partial charge >= 0.3 is 0 Å². The second-order valence-corrected chi connectivity index (χ2v) is 7.03. The summed E-state index contributed by atoms with van der Waals surface area (Å²) in [5.41, 5.74) is 5.48. The zero-order chi connectivity index (χ0) is 7.33. The summed E-state index contributed by atoms with van der Waals surface area (Å²) in [5.74, 6) is 0. The van der Waals surface area contributed by atoms with E-state index in [-0.39, 0.29) is 0 Å². The van der Waals surface area contributed by atoms with Crippen LogP contribution in [0.2, 0.25) is 13.1 Å². The normalized spacial score (nSPS) is 12.0. The molecule has 0 radical (unpaired) electrons. The molecule has 0 amide bonds. The molecule has 3 heteroatoms. The summed E-state index contributed by atoms with van der Waals surface area (Å²) in [5, 5.41) is 0. The fourth-order valence-corrected chi connectivity index (χ4v) is 1.31. The lowest BCUT2D eigenvalue weighted by Crippen LogP contribution is -2.40. The Hall–Kier alpha value is 0.137. The van der Waals surface area contributed by atoms with E-state index in [1.54, 1.807) is 0 Å². The molecule has 0 aliphatic carbocycles. The van der Waals surface area contributed by atoms with Gasteiger partial charge in [0.15, 0.2) is 8.32 Å². The van der Waals surface area contributed by atoms with Gasteiger partial charge < -0.3 is 10.2 Å². The van der Waals surface area contributed by atoms with Crippen LogP contribution >= 0.6 is 0 Å². The van der Waals surface area contributed by atoms with Crippen LogP contribution in [-0.2, 0) is 4.43 Å². The highest BCUT2D eigenvalue weighted by Gasteiger charge is 2.18. The lowest BCUT2D eigenvalue weighted by Gasteiger charge is -2.19. The smallest absolute Gasteiger partial charge is 0.199 e. The van der Waals surface area contributed by atoms with Gasteiger partial charge in [-0.25, -0.2) is 0 Å². The minimum atomic E-state index is -1.42. The Morgan fingerprint density at radius 3 is 2.33 bits per heavy atom. The minimum Gasteiger partial charge on any atom is -0.416 e. The van der Waals surface area contributed by atoms with Gasteiger partial charge in [0.25, 0.3) is 0 Å². The lowest BCUT2D eigenvalue weighted by molar-refractivity contribution is 0.307. The second-order valence-electron chi connectivity index (χ2n) is 2.81. The van der Waals surface area contributed by atoms with Crippen molar-refractivity contribution >= 4 is 8.32 Å². The first kappa shape index (κ1) is 9.14. The van der Waals surface area contributed by atoms with Crippen LogP contribution in [0.4, 0.5) is 0 Å². The number of nitrogens with two attached hydrogens (primary N) is 1. The Kier molecular flexibility index (Phi) is 4.09. The van der Waals surface area contributed by atoms with Gasteiger partial charge in [0.1, 0.15) is 0 Å². The molecule has 2 nitrogen and oxygen atoms in total. The van der Waals surface area contributed by atoms with Crippen LogP contribution in [-0.4, -0.2) is 21.1 Å². The van der Waals surface area contributed by atoms with Gasteiger partial charge in [-0.3, -0.25) is 0 Å². The third-order valence-corrected chi connectivity index (χ3v) is 3.16. The largest absolute Gasteiger partial charge is 0.416 e. The SMILES string of the molecule is CCCO[Si](C)(C)CN. The Morgan fingerprint density at radius 1 is 1.44 bits per heavy atom. The van der Waals surface area contributed by atoms with E-state index < -0.39 is 8.32 Å². The van der Waals surface area contributed by atoms with Crippen LogP contribution in [0.3, 0.4) is 0 Å². The van der Waals surface area contributed by atoms with Crippen molar-refractivity contribution in [1.82, 2.24) is 0 Å². The third kappa shape index (κ3) is 4.63. The summed E-state index contributed by atoms with van der Waals surface area (Å²) < 4.78 is 5.54. The van der Waals surface area contributed by atoms with Gasteiger partial charge in [-0.2, -0.15) is 0 Å². The molecule has 0 aromatic carbocycles. The van der Waals surface area contributed by atoms with Crippen LogP contribution in [0.5, 0.6) is 0 Å². The first-order valence-electron chi connectivity index (χ1n) is 3.46. The molecule has 0 atom stereocenters.